The van der Waals surface area contributed by atoms with Gasteiger partial charge in [0.05, 0.1) is 0 Å². The van der Waals surface area contributed by atoms with E-state index in [0.717, 1.165) is 5.92 Å². The average molecular weight is 146 g/mol. The molecule has 0 aliphatic carbocycles. The van der Waals surface area contributed by atoms with Crippen molar-refractivity contribution in [2.75, 3.05) is 0 Å². The molecule has 0 aromatic rings. The summed E-state index contributed by atoms with van der Waals surface area (Å²) in [7, 11) is 0. The van der Waals surface area contributed by atoms with Gasteiger partial charge in [0, 0.05) is 5.25 Å². The standard InChI is InChI=1S/C8H18S/c1-4-5-6-8(9)7(2)3/h7-9H,4-6H2,1-3H3/t8-/m0/s1. The van der Waals surface area contributed by atoms with Crippen LogP contribution < -0.4 is 0 Å². The van der Waals surface area contributed by atoms with E-state index >= 15 is 0 Å². The van der Waals surface area contributed by atoms with Gasteiger partial charge in [-0.25, -0.2) is 0 Å². The van der Waals surface area contributed by atoms with Crippen LogP contribution in [0.1, 0.15) is 40.0 Å². The van der Waals surface area contributed by atoms with Gasteiger partial charge in [0.2, 0.25) is 0 Å². The van der Waals surface area contributed by atoms with Crippen LogP contribution in [0.5, 0.6) is 0 Å². The predicted molar refractivity (Wildman–Crippen MR) is 47.1 cm³/mol. The molecule has 0 saturated heterocycles. The zero-order valence-corrected chi connectivity index (χ0v) is 7.62. The Bertz CT molecular complexity index is 59.6. The molecule has 0 unspecified atom stereocenters. The fraction of sp³-hybridized carbons (Fsp3) is 1.00. The molecule has 0 radical (unpaired) electrons. The van der Waals surface area contributed by atoms with E-state index in [-0.39, 0.29) is 0 Å². The van der Waals surface area contributed by atoms with E-state index < -0.39 is 0 Å². The number of thiol groups is 1. The maximum absolute atomic E-state index is 4.46. The van der Waals surface area contributed by atoms with Gasteiger partial charge in [-0.15, -0.1) is 0 Å². The summed E-state index contributed by atoms with van der Waals surface area (Å²) in [5.41, 5.74) is 0. The second-order valence-electron chi connectivity index (χ2n) is 2.95. The molecule has 0 nitrogen and oxygen atoms in total. The molecule has 9 heavy (non-hydrogen) atoms. The van der Waals surface area contributed by atoms with E-state index in [1.165, 1.54) is 19.3 Å². The summed E-state index contributed by atoms with van der Waals surface area (Å²) >= 11 is 4.46. The van der Waals surface area contributed by atoms with Crippen LogP contribution in [0.2, 0.25) is 0 Å². The molecule has 0 heterocycles. The van der Waals surface area contributed by atoms with Crippen molar-refractivity contribution in [2.45, 2.75) is 45.3 Å². The summed E-state index contributed by atoms with van der Waals surface area (Å²) in [5.74, 6) is 0.736. The predicted octanol–water partition coefficient (Wildman–Crippen LogP) is 3.13. The Morgan fingerprint density at radius 3 is 2.22 bits per heavy atom. The lowest BCUT2D eigenvalue weighted by Crippen LogP contribution is -2.06. The van der Waals surface area contributed by atoms with Crippen LogP contribution in [0.3, 0.4) is 0 Å². The van der Waals surface area contributed by atoms with Crippen LogP contribution in [-0.4, -0.2) is 5.25 Å². The van der Waals surface area contributed by atoms with Gasteiger partial charge >= 0.3 is 0 Å². The first-order valence-corrected chi connectivity index (χ1v) is 4.38. The van der Waals surface area contributed by atoms with Crippen LogP contribution in [0.15, 0.2) is 0 Å². The number of hydrogen-bond donors (Lipinski definition) is 1. The smallest absolute Gasteiger partial charge is 0.00398 e. The lowest BCUT2D eigenvalue weighted by atomic mass is 10.1. The van der Waals surface area contributed by atoms with E-state index in [4.69, 9.17) is 0 Å². The summed E-state index contributed by atoms with van der Waals surface area (Å²) < 4.78 is 0. The molecule has 1 atom stereocenters. The second kappa shape index (κ2) is 5.16. The van der Waals surface area contributed by atoms with Gasteiger partial charge in [0.15, 0.2) is 0 Å². The van der Waals surface area contributed by atoms with Crippen LogP contribution in [0.4, 0.5) is 0 Å². The van der Waals surface area contributed by atoms with E-state index in [9.17, 15) is 0 Å². The van der Waals surface area contributed by atoms with Crippen LogP contribution in [-0.2, 0) is 0 Å². The molecule has 0 N–H and O–H groups in total. The Morgan fingerprint density at radius 1 is 1.33 bits per heavy atom. The minimum absolute atomic E-state index is 0.616. The molecule has 0 fully saturated rings. The number of unbranched alkanes of at least 4 members (excludes halogenated alkanes) is 1. The normalized spacial score (nSPS) is 14.3. The highest BCUT2D eigenvalue weighted by atomic mass is 32.1. The topological polar surface area (TPSA) is 0 Å². The molecule has 56 valence electrons. The molecular formula is C8H18S. The van der Waals surface area contributed by atoms with Crippen molar-refractivity contribution in [3.05, 3.63) is 0 Å². The van der Waals surface area contributed by atoms with Gasteiger partial charge in [-0.1, -0.05) is 33.6 Å². The Labute approximate surface area is 64.4 Å². The Balaban J connectivity index is 3.16. The Kier molecular flexibility index (Phi) is 5.36. The molecule has 0 saturated carbocycles. The quantitative estimate of drug-likeness (QED) is 0.579. The summed E-state index contributed by atoms with van der Waals surface area (Å²) in [6, 6.07) is 0. The maximum atomic E-state index is 4.46. The van der Waals surface area contributed by atoms with Crippen molar-refractivity contribution in [3.63, 3.8) is 0 Å². The highest BCUT2D eigenvalue weighted by molar-refractivity contribution is 7.81. The molecule has 0 spiro atoms. The van der Waals surface area contributed by atoms with Crippen molar-refractivity contribution in [1.82, 2.24) is 0 Å². The Morgan fingerprint density at radius 2 is 1.89 bits per heavy atom. The van der Waals surface area contributed by atoms with Crippen molar-refractivity contribution in [3.8, 4) is 0 Å². The minimum Gasteiger partial charge on any atom is -0.176 e. The van der Waals surface area contributed by atoms with Crippen molar-refractivity contribution < 1.29 is 0 Å². The van der Waals surface area contributed by atoms with E-state index in [2.05, 4.69) is 33.4 Å². The number of hydrogen-bond acceptors (Lipinski definition) is 1. The third kappa shape index (κ3) is 4.83. The fourth-order valence-corrected chi connectivity index (χ4v) is 0.929. The summed E-state index contributed by atoms with van der Waals surface area (Å²) in [6.07, 6.45) is 3.90. The van der Waals surface area contributed by atoms with Crippen LogP contribution >= 0.6 is 12.6 Å². The molecule has 0 aromatic heterocycles. The van der Waals surface area contributed by atoms with E-state index in [1.54, 1.807) is 0 Å². The zero-order chi connectivity index (χ0) is 7.28. The van der Waals surface area contributed by atoms with Gasteiger partial charge < -0.3 is 0 Å². The van der Waals surface area contributed by atoms with Crippen molar-refractivity contribution in [2.24, 2.45) is 5.92 Å². The molecule has 0 rings (SSSR count). The third-order valence-electron chi connectivity index (χ3n) is 1.62. The van der Waals surface area contributed by atoms with Crippen LogP contribution in [0.25, 0.3) is 0 Å². The zero-order valence-electron chi connectivity index (χ0n) is 6.72. The van der Waals surface area contributed by atoms with Gasteiger partial charge in [0.1, 0.15) is 0 Å². The minimum atomic E-state index is 0.616. The van der Waals surface area contributed by atoms with Gasteiger partial charge in [-0.2, -0.15) is 12.6 Å². The lowest BCUT2D eigenvalue weighted by molar-refractivity contribution is 0.554. The fourth-order valence-electron chi connectivity index (χ4n) is 0.747. The van der Waals surface area contributed by atoms with Crippen LogP contribution in [0, 0.1) is 5.92 Å². The average Bonchev–Trinajstić information content (AvgIpc) is 1.82. The SMILES string of the molecule is CCCC[C@H](S)C(C)C. The van der Waals surface area contributed by atoms with Gasteiger partial charge in [0.25, 0.3) is 0 Å². The first-order valence-electron chi connectivity index (χ1n) is 3.86. The monoisotopic (exact) mass is 146 g/mol. The first-order chi connectivity index (χ1) is 4.18. The summed E-state index contributed by atoms with van der Waals surface area (Å²) in [6.45, 7) is 6.68. The third-order valence-corrected chi connectivity index (χ3v) is 2.48. The molecule has 0 aliphatic rings. The first kappa shape index (κ1) is 9.35. The Hall–Kier alpha value is 0.350. The highest BCUT2D eigenvalue weighted by Crippen LogP contribution is 2.15. The molecule has 0 aromatic carbocycles. The van der Waals surface area contributed by atoms with Gasteiger partial charge in [-0.3, -0.25) is 0 Å². The lowest BCUT2D eigenvalue weighted by Gasteiger charge is -2.12. The highest BCUT2D eigenvalue weighted by Gasteiger charge is 2.05. The van der Waals surface area contributed by atoms with Crippen molar-refractivity contribution >= 4 is 12.6 Å². The van der Waals surface area contributed by atoms with E-state index in [0.29, 0.717) is 5.25 Å². The molecular weight excluding hydrogens is 128 g/mol. The van der Waals surface area contributed by atoms with Gasteiger partial charge in [-0.05, 0) is 12.3 Å². The maximum Gasteiger partial charge on any atom is 0.00398 e. The molecule has 0 amide bonds. The van der Waals surface area contributed by atoms with Crippen molar-refractivity contribution in [1.29, 1.82) is 0 Å². The largest absolute Gasteiger partial charge is 0.176 e. The molecule has 1 heteroatoms. The second-order valence-corrected chi connectivity index (χ2v) is 3.62. The van der Waals surface area contributed by atoms with E-state index in [1.807, 2.05) is 0 Å². The number of rotatable bonds is 4. The summed E-state index contributed by atoms with van der Waals surface area (Å²) in [5, 5.41) is 0.616. The summed E-state index contributed by atoms with van der Waals surface area (Å²) in [4.78, 5) is 0. The molecule has 0 bridgehead atoms. The molecule has 0 aliphatic heterocycles.